The molecule has 2 aromatic heterocycles. The number of nitrogens with one attached hydrogen (secondary N) is 2. The molecule has 1 aliphatic heterocycles. The van der Waals surface area contributed by atoms with Crippen LogP contribution in [-0.2, 0) is 55.5 Å². The Kier molecular flexibility index (Phi) is 19.2. The lowest BCUT2D eigenvalue weighted by Crippen LogP contribution is -2.46. The van der Waals surface area contributed by atoms with E-state index in [1.807, 2.05) is 6.92 Å². The molecule has 4 unspecified atom stereocenters. The zero-order valence-corrected chi connectivity index (χ0v) is 36.0. The molecule has 2 aromatic rings. The van der Waals surface area contributed by atoms with Gasteiger partial charge in [-0.2, -0.15) is 4.31 Å². The molecule has 1 fully saturated rings. The number of carbonyl (C=O) groups excluding carboxylic acids is 3. The zero-order chi connectivity index (χ0) is 45.1. The number of amides is 2. The zero-order valence-electron chi connectivity index (χ0n) is 32.5. The average molecular weight is 938 g/mol. The number of carboxylic acid groups (broad SMARTS) is 1. The van der Waals surface area contributed by atoms with E-state index < -0.39 is 102 Å². The third-order valence-electron chi connectivity index (χ3n) is 8.68. The normalized spacial score (nSPS) is 21.5. The maximum atomic E-state index is 12.7. The molecule has 1 saturated heterocycles. The van der Waals surface area contributed by atoms with E-state index in [-0.39, 0.29) is 48.7 Å². The van der Waals surface area contributed by atoms with Crippen LogP contribution in [0.25, 0.3) is 11.2 Å². The topological polar surface area (TPSA) is 401 Å². The lowest BCUT2D eigenvalue weighted by molar-refractivity contribution is -0.144. The number of phosphoric ester groups is 3. The standard InChI is InChI=1S/C30H50N7O19P3S/c1-4-5-6-7-8-17(28(42)43)29(44)60-12-11-32-19(38)9-10-33-26(41)23(40)30(2,3)14-53-59(50,51)56-58(48,49)52-13-18-22(55-57(45,46)47)21(39)27(54-18)37-16-36-20-24(31)34-15-35-25(20)37/h15-18,21-23,27,39-40H,4-14H2,1-3H3,(H,32,38)(H,33,41)(H,42,43)(H,48,49)(H,50,51)(H2,31,34,35)(H2,45,46,47)/t17?,18-,21-,22-,23?,27-/m1/s1. The summed E-state index contributed by atoms with van der Waals surface area (Å²) < 4.78 is 62.1. The van der Waals surface area contributed by atoms with Gasteiger partial charge in [0.25, 0.3) is 0 Å². The van der Waals surface area contributed by atoms with Gasteiger partial charge in [-0.15, -0.1) is 0 Å². The Balaban J connectivity index is 1.46. The molecule has 8 atom stereocenters. The summed E-state index contributed by atoms with van der Waals surface area (Å²) in [6, 6.07) is 0. The first-order valence-corrected chi connectivity index (χ1v) is 23.7. The number of aliphatic carboxylic acids is 1. The van der Waals surface area contributed by atoms with Crippen molar-refractivity contribution in [2.45, 2.75) is 89.9 Å². The molecule has 0 aliphatic carbocycles. The number of thioether (sulfide) groups is 1. The lowest BCUT2D eigenvalue weighted by Gasteiger charge is -2.30. The first-order chi connectivity index (χ1) is 27.9. The Morgan fingerprint density at radius 1 is 1.02 bits per heavy atom. The second-order valence-electron chi connectivity index (χ2n) is 14.0. The number of fused-ring (bicyclic) bond motifs is 1. The molecular formula is C30H50N7O19P3S. The Morgan fingerprint density at radius 2 is 1.70 bits per heavy atom. The fourth-order valence-electron chi connectivity index (χ4n) is 5.50. The van der Waals surface area contributed by atoms with Crippen molar-refractivity contribution in [2.24, 2.45) is 11.3 Å². The van der Waals surface area contributed by atoms with Gasteiger partial charge < -0.3 is 56.0 Å². The van der Waals surface area contributed by atoms with Crippen molar-refractivity contribution in [1.82, 2.24) is 30.2 Å². The highest BCUT2D eigenvalue weighted by Gasteiger charge is 2.50. The second kappa shape index (κ2) is 22.4. The van der Waals surface area contributed by atoms with Crippen LogP contribution in [0.5, 0.6) is 0 Å². The molecule has 1 aliphatic rings. The molecular weight excluding hydrogens is 887 g/mol. The average Bonchev–Trinajstić information content (AvgIpc) is 3.71. The predicted molar refractivity (Wildman–Crippen MR) is 207 cm³/mol. The molecule has 2 amide bonds. The molecule has 3 rings (SSSR count). The summed E-state index contributed by atoms with van der Waals surface area (Å²) >= 11 is 0.790. The number of rotatable bonds is 26. The third kappa shape index (κ3) is 15.7. The van der Waals surface area contributed by atoms with E-state index in [0.29, 0.717) is 6.42 Å². The molecule has 0 bridgehead atoms. The van der Waals surface area contributed by atoms with Crippen molar-refractivity contribution in [3.05, 3.63) is 12.7 Å². The number of hydrogen-bond acceptors (Lipinski definition) is 19. The summed E-state index contributed by atoms with van der Waals surface area (Å²) in [5.41, 5.74) is 4.20. The first-order valence-electron chi connectivity index (χ1n) is 18.2. The molecule has 0 radical (unpaired) electrons. The maximum Gasteiger partial charge on any atom is 0.481 e. The number of ether oxygens (including phenoxy) is 1. The van der Waals surface area contributed by atoms with E-state index in [4.69, 9.17) is 19.5 Å². The summed E-state index contributed by atoms with van der Waals surface area (Å²) in [5, 5.41) is 35.2. The van der Waals surface area contributed by atoms with Gasteiger partial charge in [0.15, 0.2) is 17.7 Å². The Labute approximate surface area is 346 Å². The Morgan fingerprint density at radius 3 is 2.35 bits per heavy atom. The van der Waals surface area contributed by atoms with Crippen LogP contribution in [0.4, 0.5) is 5.82 Å². The number of carboxylic acids is 1. The van der Waals surface area contributed by atoms with Crippen molar-refractivity contribution in [2.75, 3.05) is 37.8 Å². The van der Waals surface area contributed by atoms with Crippen LogP contribution in [0.15, 0.2) is 12.7 Å². The maximum absolute atomic E-state index is 12.7. The smallest absolute Gasteiger partial charge is 0.481 e. The van der Waals surface area contributed by atoms with Crippen LogP contribution in [0.2, 0.25) is 0 Å². The fraction of sp³-hybridized carbons (Fsp3) is 0.700. The minimum atomic E-state index is -5.60. The second-order valence-corrected chi connectivity index (χ2v) is 19.3. The number of nitrogens with two attached hydrogens (primary N) is 1. The minimum absolute atomic E-state index is 0.0195. The van der Waals surface area contributed by atoms with E-state index in [9.17, 15) is 67.8 Å². The first kappa shape index (κ1) is 51.4. The van der Waals surface area contributed by atoms with Crippen molar-refractivity contribution >= 4 is 75.1 Å². The molecule has 0 spiro atoms. The van der Waals surface area contributed by atoms with E-state index in [1.165, 1.54) is 13.8 Å². The summed E-state index contributed by atoms with van der Waals surface area (Å²) in [6.07, 6.45) is -3.57. The Bertz CT molecular complexity index is 1950. The molecule has 3 heterocycles. The van der Waals surface area contributed by atoms with E-state index >= 15 is 0 Å². The van der Waals surface area contributed by atoms with Gasteiger partial charge in [-0.25, -0.2) is 28.6 Å². The number of phosphoric acid groups is 3. The molecule has 340 valence electrons. The fourth-order valence-corrected chi connectivity index (χ4v) is 9.15. The number of aliphatic hydroxyl groups is 2. The molecule has 60 heavy (non-hydrogen) atoms. The monoisotopic (exact) mass is 937 g/mol. The molecule has 0 aromatic carbocycles. The van der Waals surface area contributed by atoms with Crippen molar-refractivity contribution in [1.29, 1.82) is 0 Å². The van der Waals surface area contributed by atoms with Crippen LogP contribution >= 0.6 is 35.2 Å². The number of aromatic nitrogens is 4. The number of anilines is 1. The largest absolute Gasteiger partial charge is 0.481 e. The number of carbonyl (C=O) groups is 4. The molecule has 0 saturated carbocycles. The van der Waals surface area contributed by atoms with Crippen molar-refractivity contribution in [3.8, 4) is 0 Å². The molecule has 11 N–H and O–H groups in total. The highest BCUT2D eigenvalue weighted by molar-refractivity contribution is 8.13. The predicted octanol–water partition coefficient (Wildman–Crippen LogP) is 0.336. The number of aliphatic hydroxyl groups excluding tert-OH is 2. The highest BCUT2D eigenvalue weighted by atomic mass is 32.2. The van der Waals surface area contributed by atoms with Crippen LogP contribution in [0.3, 0.4) is 0 Å². The minimum Gasteiger partial charge on any atom is -0.481 e. The summed E-state index contributed by atoms with van der Waals surface area (Å²) in [7, 11) is -16.5. The summed E-state index contributed by atoms with van der Waals surface area (Å²) in [5.74, 6) is -3.83. The van der Waals surface area contributed by atoms with Gasteiger partial charge in [0.05, 0.1) is 19.5 Å². The number of nitrogen functional groups attached to an aromatic ring is 1. The number of hydrogen-bond donors (Lipinski definition) is 10. The molecule has 26 nitrogen and oxygen atoms in total. The van der Waals surface area contributed by atoms with Gasteiger partial charge in [0.1, 0.15) is 42.2 Å². The van der Waals surface area contributed by atoms with E-state index in [2.05, 4.69) is 34.4 Å². The van der Waals surface area contributed by atoms with Crippen LogP contribution in [-0.4, -0.2) is 134 Å². The van der Waals surface area contributed by atoms with Gasteiger partial charge in [0, 0.05) is 30.7 Å². The van der Waals surface area contributed by atoms with Crippen LogP contribution in [0, 0.1) is 11.3 Å². The number of unbranched alkanes of at least 4 members (excludes halogenated alkanes) is 3. The van der Waals surface area contributed by atoms with Gasteiger partial charge >= 0.3 is 29.4 Å². The molecule has 30 heteroatoms. The number of nitrogens with zero attached hydrogens (tertiary/aromatic N) is 4. The van der Waals surface area contributed by atoms with Gasteiger partial charge in [0.2, 0.25) is 16.9 Å². The number of imidazole rings is 1. The van der Waals surface area contributed by atoms with Crippen LogP contribution in [0.1, 0.15) is 65.5 Å². The highest BCUT2D eigenvalue weighted by Crippen LogP contribution is 2.61. The van der Waals surface area contributed by atoms with Gasteiger partial charge in [-0.1, -0.05) is 58.2 Å². The van der Waals surface area contributed by atoms with E-state index in [0.717, 1.165) is 48.2 Å². The van der Waals surface area contributed by atoms with Gasteiger partial charge in [-0.3, -0.25) is 37.3 Å². The summed E-state index contributed by atoms with van der Waals surface area (Å²) in [6.45, 7) is 2.16. The lowest BCUT2D eigenvalue weighted by atomic mass is 9.87. The van der Waals surface area contributed by atoms with Crippen LogP contribution < -0.4 is 16.4 Å². The summed E-state index contributed by atoms with van der Waals surface area (Å²) in [4.78, 5) is 99.6. The quantitative estimate of drug-likeness (QED) is 0.0345. The van der Waals surface area contributed by atoms with Gasteiger partial charge in [-0.05, 0) is 6.42 Å². The Hall–Kier alpha value is -2.97. The van der Waals surface area contributed by atoms with E-state index in [1.54, 1.807) is 0 Å². The third-order valence-corrected chi connectivity index (χ3v) is 12.8. The SMILES string of the molecule is CCCCCCC(C(=O)O)C(=O)SCCNC(=O)CCNC(=O)C(O)C(C)(C)COP(=O)(O)OP(=O)(O)OC[C@H]1O[C@@H](n2cnc3c(N)ncnc32)[C@H](O)[C@@H]1OP(=O)(O)O. The van der Waals surface area contributed by atoms with Crippen molar-refractivity contribution in [3.63, 3.8) is 0 Å². The van der Waals surface area contributed by atoms with Crippen molar-refractivity contribution < 1.29 is 90.4 Å².